The summed E-state index contributed by atoms with van der Waals surface area (Å²) in [7, 11) is -1.48. The molecule has 0 aromatic heterocycles. The summed E-state index contributed by atoms with van der Waals surface area (Å²) >= 11 is 0. The van der Waals surface area contributed by atoms with Crippen LogP contribution in [0.1, 0.15) is 33.6 Å². The van der Waals surface area contributed by atoms with Crippen molar-refractivity contribution in [1.29, 1.82) is 0 Å². The average Bonchev–Trinajstić information content (AvgIpc) is 2.41. The van der Waals surface area contributed by atoms with Crippen LogP contribution in [0.2, 0.25) is 0 Å². The van der Waals surface area contributed by atoms with E-state index >= 15 is 0 Å². The van der Waals surface area contributed by atoms with Crippen LogP contribution in [0.3, 0.4) is 0 Å². The molecule has 0 fully saturated rings. The number of hydrogen-bond donors (Lipinski definition) is 2. The molecule has 0 bridgehead atoms. The van der Waals surface area contributed by atoms with E-state index in [1.54, 1.807) is 18.2 Å². The van der Waals surface area contributed by atoms with Gasteiger partial charge in [0.05, 0.1) is 22.3 Å². The highest BCUT2D eigenvalue weighted by Crippen LogP contribution is 2.23. The van der Waals surface area contributed by atoms with Crippen molar-refractivity contribution >= 4 is 22.4 Å². The van der Waals surface area contributed by atoms with Crippen LogP contribution < -0.4 is 15.8 Å². The van der Waals surface area contributed by atoms with Crippen LogP contribution in [0, 0.1) is 0 Å². The summed E-state index contributed by atoms with van der Waals surface area (Å²) in [6.07, 6.45) is 1.90. The Balaban J connectivity index is 2.70. The molecule has 0 saturated carbocycles. The van der Waals surface area contributed by atoms with Gasteiger partial charge in [0.2, 0.25) is 5.91 Å². The smallest absolute Gasteiger partial charge is 0.233 e. The number of carbonyl (C=O) groups excluding carboxylic acids is 1. The lowest BCUT2D eigenvalue weighted by Crippen LogP contribution is -2.35. The zero-order valence-electron chi connectivity index (χ0n) is 12.8. The highest BCUT2D eigenvalue weighted by Gasteiger charge is 2.15. The second-order valence-electron chi connectivity index (χ2n) is 4.88. The van der Waals surface area contributed by atoms with Gasteiger partial charge in [-0.15, -0.1) is 0 Å². The Bertz CT molecular complexity index is 506. The van der Waals surface area contributed by atoms with E-state index in [0.717, 1.165) is 12.8 Å². The van der Waals surface area contributed by atoms with Gasteiger partial charge in [-0.2, -0.15) is 0 Å². The Kier molecular flexibility index (Phi) is 7.22. The summed E-state index contributed by atoms with van der Waals surface area (Å²) in [6.45, 7) is 6.38. The molecular weight excluding hydrogens is 288 g/mol. The Hall–Kier alpha value is -1.56. The first-order valence-electron chi connectivity index (χ1n) is 7.18. The van der Waals surface area contributed by atoms with Gasteiger partial charge in [0, 0.05) is 11.7 Å². The highest BCUT2D eigenvalue weighted by atomic mass is 32.2. The van der Waals surface area contributed by atoms with Crippen LogP contribution in [-0.4, -0.2) is 28.5 Å². The van der Waals surface area contributed by atoms with Crippen LogP contribution in [0.25, 0.3) is 0 Å². The van der Waals surface area contributed by atoms with Crippen molar-refractivity contribution in [3.05, 3.63) is 18.2 Å². The van der Waals surface area contributed by atoms with Gasteiger partial charge in [0.15, 0.2) is 0 Å². The summed E-state index contributed by atoms with van der Waals surface area (Å²) in [4.78, 5) is 12.3. The van der Waals surface area contributed by atoms with Gasteiger partial charge < -0.3 is 15.8 Å². The zero-order chi connectivity index (χ0) is 15.8. The molecule has 2 unspecified atom stereocenters. The maximum Gasteiger partial charge on any atom is 0.233 e. The van der Waals surface area contributed by atoms with Crippen molar-refractivity contribution in [3.63, 3.8) is 0 Å². The number of hydrogen-bond acceptors (Lipinski definition) is 4. The van der Waals surface area contributed by atoms with E-state index in [1.165, 1.54) is 0 Å². The third-order valence-electron chi connectivity index (χ3n) is 2.93. The maximum absolute atomic E-state index is 12.3. The minimum atomic E-state index is -1.48. The standard InChI is InChI=1S/C15H24N2O3S/c1-4-6-11(3)17-15(18)10-21(19)14-9-12(20-5-2)7-8-13(14)16/h7-9,11H,4-6,10,16H2,1-3H3,(H,17,18). The topological polar surface area (TPSA) is 81.4 Å². The first kappa shape index (κ1) is 17.5. The molecule has 5 nitrogen and oxygen atoms in total. The van der Waals surface area contributed by atoms with Gasteiger partial charge in [0.1, 0.15) is 11.5 Å². The summed E-state index contributed by atoms with van der Waals surface area (Å²) in [5.74, 6) is 0.290. The molecule has 1 aromatic carbocycles. The van der Waals surface area contributed by atoms with E-state index < -0.39 is 10.8 Å². The van der Waals surface area contributed by atoms with Crippen LogP contribution >= 0.6 is 0 Å². The number of benzene rings is 1. The molecule has 0 aliphatic carbocycles. The van der Waals surface area contributed by atoms with Gasteiger partial charge in [0.25, 0.3) is 0 Å². The Morgan fingerprint density at radius 1 is 1.43 bits per heavy atom. The number of ether oxygens (including phenoxy) is 1. The molecule has 1 rings (SSSR count). The van der Waals surface area contributed by atoms with Crippen molar-refractivity contribution in [2.24, 2.45) is 0 Å². The second-order valence-corrected chi connectivity index (χ2v) is 6.30. The predicted octanol–water partition coefficient (Wildman–Crippen LogP) is 2.08. The lowest BCUT2D eigenvalue weighted by molar-refractivity contribution is -0.119. The molecule has 0 saturated heterocycles. The van der Waals surface area contributed by atoms with E-state index in [9.17, 15) is 9.00 Å². The summed E-state index contributed by atoms with van der Waals surface area (Å²) < 4.78 is 17.6. The second kappa shape index (κ2) is 8.67. The lowest BCUT2D eigenvalue weighted by Gasteiger charge is -2.13. The molecule has 0 aliphatic rings. The highest BCUT2D eigenvalue weighted by molar-refractivity contribution is 7.86. The number of nitrogen functional groups attached to an aromatic ring is 1. The first-order valence-corrected chi connectivity index (χ1v) is 8.49. The Morgan fingerprint density at radius 3 is 2.76 bits per heavy atom. The lowest BCUT2D eigenvalue weighted by atomic mass is 10.2. The fourth-order valence-electron chi connectivity index (χ4n) is 1.99. The Labute approximate surface area is 128 Å². The number of nitrogens with one attached hydrogen (secondary N) is 1. The number of amides is 1. The number of rotatable bonds is 8. The van der Waals surface area contributed by atoms with E-state index in [0.29, 0.717) is 22.9 Å². The molecule has 3 N–H and O–H groups in total. The van der Waals surface area contributed by atoms with Crippen molar-refractivity contribution < 1.29 is 13.7 Å². The number of carbonyl (C=O) groups is 1. The van der Waals surface area contributed by atoms with E-state index in [-0.39, 0.29) is 17.7 Å². The van der Waals surface area contributed by atoms with Crippen LogP contribution in [-0.2, 0) is 15.6 Å². The van der Waals surface area contributed by atoms with Crippen molar-refractivity contribution in [2.75, 3.05) is 18.1 Å². The van der Waals surface area contributed by atoms with Crippen molar-refractivity contribution in [1.82, 2.24) is 5.32 Å². The molecule has 0 heterocycles. The monoisotopic (exact) mass is 312 g/mol. The van der Waals surface area contributed by atoms with Gasteiger partial charge in [-0.3, -0.25) is 9.00 Å². The SMILES string of the molecule is CCCC(C)NC(=O)CS(=O)c1cc(OCC)ccc1N. The van der Waals surface area contributed by atoms with E-state index in [1.807, 2.05) is 13.8 Å². The molecule has 0 aliphatic heterocycles. The van der Waals surface area contributed by atoms with Gasteiger partial charge >= 0.3 is 0 Å². The van der Waals surface area contributed by atoms with Crippen LogP contribution in [0.15, 0.2) is 23.1 Å². The molecule has 0 radical (unpaired) electrons. The van der Waals surface area contributed by atoms with Gasteiger partial charge in [-0.05, 0) is 38.5 Å². The number of nitrogens with two attached hydrogens (primary N) is 1. The maximum atomic E-state index is 12.3. The average molecular weight is 312 g/mol. The molecule has 1 aromatic rings. The fourth-order valence-corrected chi connectivity index (χ4v) is 3.04. The molecular formula is C15H24N2O3S. The largest absolute Gasteiger partial charge is 0.494 e. The molecule has 1 amide bonds. The summed E-state index contributed by atoms with van der Waals surface area (Å²) in [5, 5.41) is 2.84. The summed E-state index contributed by atoms with van der Waals surface area (Å²) in [6, 6.07) is 5.10. The van der Waals surface area contributed by atoms with Crippen molar-refractivity contribution in [3.8, 4) is 5.75 Å². The predicted molar refractivity (Wildman–Crippen MR) is 85.8 cm³/mol. The molecule has 0 spiro atoms. The molecule has 2 atom stereocenters. The quantitative estimate of drug-likeness (QED) is 0.720. The van der Waals surface area contributed by atoms with Crippen LogP contribution in [0.4, 0.5) is 5.69 Å². The zero-order valence-corrected chi connectivity index (χ0v) is 13.7. The van der Waals surface area contributed by atoms with Gasteiger partial charge in [-0.25, -0.2) is 0 Å². The van der Waals surface area contributed by atoms with Crippen molar-refractivity contribution in [2.45, 2.75) is 44.6 Å². The molecule has 6 heteroatoms. The number of anilines is 1. The Morgan fingerprint density at radius 2 is 2.14 bits per heavy atom. The normalized spacial score (nSPS) is 13.5. The minimum Gasteiger partial charge on any atom is -0.494 e. The first-order chi connectivity index (χ1) is 9.97. The molecule has 118 valence electrons. The minimum absolute atomic E-state index is 0.0894. The van der Waals surface area contributed by atoms with E-state index in [4.69, 9.17) is 10.5 Å². The third-order valence-corrected chi connectivity index (χ3v) is 4.30. The van der Waals surface area contributed by atoms with Crippen LogP contribution in [0.5, 0.6) is 5.75 Å². The third kappa shape index (κ3) is 5.75. The van der Waals surface area contributed by atoms with Gasteiger partial charge in [-0.1, -0.05) is 13.3 Å². The van der Waals surface area contributed by atoms with E-state index in [2.05, 4.69) is 12.2 Å². The summed E-state index contributed by atoms with van der Waals surface area (Å²) in [5.41, 5.74) is 6.24. The fraction of sp³-hybridized carbons (Fsp3) is 0.533. The molecule has 21 heavy (non-hydrogen) atoms.